The second kappa shape index (κ2) is 6.00. The molecule has 1 aromatic carbocycles. The molecule has 0 amide bonds. The highest BCUT2D eigenvalue weighted by Gasteiger charge is 2.17. The van der Waals surface area contributed by atoms with Gasteiger partial charge in [-0.25, -0.2) is 4.98 Å². The summed E-state index contributed by atoms with van der Waals surface area (Å²) in [4.78, 5) is 7.32. The third-order valence-corrected chi connectivity index (χ3v) is 4.29. The Labute approximate surface area is 125 Å². The molecule has 0 radical (unpaired) electrons. The number of benzene rings is 1. The first-order valence-electron chi connectivity index (χ1n) is 7.63. The molecule has 2 heterocycles. The van der Waals surface area contributed by atoms with Crippen LogP contribution in [0.15, 0.2) is 18.2 Å². The van der Waals surface area contributed by atoms with Gasteiger partial charge < -0.3 is 15.4 Å². The summed E-state index contributed by atoms with van der Waals surface area (Å²) in [5, 5.41) is 1.21. The molecule has 2 N–H and O–H groups in total. The van der Waals surface area contributed by atoms with Crippen LogP contribution in [-0.4, -0.2) is 37.8 Å². The van der Waals surface area contributed by atoms with Gasteiger partial charge in [0, 0.05) is 18.5 Å². The number of fused-ring (bicyclic) bond motifs is 1. The second-order valence-electron chi connectivity index (χ2n) is 5.69. The molecule has 1 aromatic heterocycles. The number of nitrogens with two attached hydrogens (primary N) is 1. The molecule has 4 heteroatoms. The van der Waals surface area contributed by atoms with Gasteiger partial charge in [-0.3, -0.25) is 0 Å². The first-order valence-corrected chi connectivity index (χ1v) is 7.63. The monoisotopic (exact) mass is 285 g/mol. The fraction of sp³-hybridized carbons (Fsp3) is 0.471. The van der Waals surface area contributed by atoms with Crippen LogP contribution in [0, 0.1) is 13.8 Å². The molecule has 4 nitrogen and oxygen atoms in total. The Balaban J connectivity index is 2.14. The van der Waals surface area contributed by atoms with Gasteiger partial charge in [0.15, 0.2) is 0 Å². The van der Waals surface area contributed by atoms with Crippen LogP contribution >= 0.6 is 0 Å². The summed E-state index contributed by atoms with van der Waals surface area (Å²) in [5.74, 6) is 1.09. The second-order valence-corrected chi connectivity index (χ2v) is 5.69. The van der Waals surface area contributed by atoms with Crippen molar-refractivity contribution < 1.29 is 4.74 Å². The normalized spacial score (nSPS) is 15.7. The van der Waals surface area contributed by atoms with Crippen molar-refractivity contribution in [3.63, 3.8) is 0 Å². The third-order valence-electron chi connectivity index (χ3n) is 4.29. The van der Waals surface area contributed by atoms with E-state index in [0.717, 1.165) is 44.1 Å². The number of nitrogens with zero attached hydrogens (tertiary/aromatic N) is 2. The van der Waals surface area contributed by atoms with Crippen molar-refractivity contribution >= 4 is 16.7 Å². The van der Waals surface area contributed by atoms with Crippen LogP contribution in [0.1, 0.15) is 16.7 Å². The number of hydrogen-bond acceptors (Lipinski definition) is 4. The van der Waals surface area contributed by atoms with Crippen molar-refractivity contribution in [1.29, 1.82) is 0 Å². The van der Waals surface area contributed by atoms with E-state index >= 15 is 0 Å². The van der Waals surface area contributed by atoms with Gasteiger partial charge in [-0.1, -0.05) is 12.1 Å². The lowest BCUT2D eigenvalue weighted by atomic mass is 10.0. The van der Waals surface area contributed by atoms with E-state index in [0.29, 0.717) is 6.54 Å². The lowest BCUT2D eigenvalue weighted by Crippen LogP contribution is -2.37. The maximum atomic E-state index is 5.79. The van der Waals surface area contributed by atoms with E-state index in [1.165, 1.54) is 22.1 Å². The average Bonchev–Trinajstić information content (AvgIpc) is 2.52. The van der Waals surface area contributed by atoms with E-state index in [4.69, 9.17) is 15.5 Å². The number of rotatable bonds is 3. The third kappa shape index (κ3) is 2.74. The van der Waals surface area contributed by atoms with Gasteiger partial charge in [-0.15, -0.1) is 0 Å². The largest absolute Gasteiger partial charge is 0.378 e. The van der Waals surface area contributed by atoms with E-state index in [2.05, 4.69) is 36.9 Å². The van der Waals surface area contributed by atoms with E-state index in [9.17, 15) is 0 Å². The van der Waals surface area contributed by atoms with Crippen molar-refractivity contribution in [2.24, 2.45) is 5.73 Å². The molecule has 0 atom stereocenters. The first-order chi connectivity index (χ1) is 10.2. The molecule has 1 aliphatic heterocycles. The molecule has 0 spiro atoms. The molecule has 3 rings (SSSR count). The maximum Gasteiger partial charge on any atom is 0.132 e. The zero-order valence-corrected chi connectivity index (χ0v) is 12.9. The fourth-order valence-corrected chi connectivity index (χ4v) is 2.91. The van der Waals surface area contributed by atoms with Crippen molar-refractivity contribution in [3.05, 3.63) is 34.9 Å². The summed E-state index contributed by atoms with van der Waals surface area (Å²) in [6, 6.07) is 6.58. The predicted octanol–water partition coefficient (Wildman–Crippen LogP) is 2.19. The van der Waals surface area contributed by atoms with Crippen LogP contribution in [0.3, 0.4) is 0 Å². The van der Waals surface area contributed by atoms with E-state index < -0.39 is 0 Å². The minimum atomic E-state index is 0.648. The van der Waals surface area contributed by atoms with Crippen molar-refractivity contribution in [3.8, 4) is 0 Å². The van der Waals surface area contributed by atoms with Crippen LogP contribution < -0.4 is 10.6 Å². The van der Waals surface area contributed by atoms with Crippen LogP contribution in [-0.2, 0) is 11.2 Å². The lowest BCUT2D eigenvalue weighted by Gasteiger charge is -2.30. The molecule has 1 saturated heterocycles. The van der Waals surface area contributed by atoms with Gasteiger partial charge in [-0.05, 0) is 49.6 Å². The molecule has 0 unspecified atom stereocenters. The molecule has 1 fully saturated rings. The molecule has 1 aliphatic rings. The number of aromatic nitrogens is 1. The van der Waals surface area contributed by atoms with Crippen molar-refractivity contribution in [1.82, 2.24) is 4.98 Å². The topological polar surface area (TPSA) is 51.4 Å². The van der Waals surface area contributed by atoms with Gasteiger partial charge in [0.25, 0.3) is 0 Å². The zero-order chi connectivity index (χ0) is 14.8. The Kier molecular flexibility index (Phi) is 4.08. The molecule has 112 valence electrons. The van der Waals surface area contributed by atoms with Crippen LogP contribution in [0.4, 0.5) is 5.82 Å². The van der Waals surface area contributed by atoms with Gasteiger partial charge >= 0.3 is 0 Å². The number of aryl methyl sites for hydroxylation is 2. The highest BCUT2D eigenvalue weighted by Crippen LogP contribution is 2.27. The van der Waals surface area contributed by atoms with Crippen LogP contribution in [0.2, 0.25) is 0 Å². The molecule has 0 bridgehead atoms. The molecule has 0 aliphatic carbocycles. The lowest BCUT2D eigenvalue weighted by molar-refractivity contribution is 0.122. The van der Waals surface area contributed by atoms with Gasteiger partial charge in [0.2, 0.25) is 0 Å². The number of morpholine rings is 1. The van der Waals surface area contributed by atoms with Crippen LogP contribution in [0.25, 0.3) is 10.9 Å². The quantitative estimate of drug-likeness (QED) is 0.939. The highest BCUT2D eigenvalue weighted by molar-refractivity contribution is 5.85. The standard InChI is InChI=1S/C17H23N3O/c1-12-3-4-14-11-15(5-6-18)17(19-16(14)13(12)2)20-7-9-21-10-8-20/h3-4,11H,5-10,18H2,1-2H3. The SMILES string of the molecule is Cc1ccc2cc(CCN)c(N3CCOCC3)nc2c1C. The molecule has 21 heavy (non-hydrogen) atoms. The van der Waals surface area contributed by atoms with E-state index in [1.807, 2.05) is 0 Å². The average molecular weight is 285 g/mol. The van der Waals surface area contributed by atoms with Crippen molar-refractivity contribution in [2.75, 3.05) is 37.7 Å². The molecular weight excluding hydrogens is 262 g/mol. The van der Waals surface area contributed by atoms with Crippen LogP contribution in [0.5, 0.6) is 0 Å². The Morgan fingerprint density at radius 1 is 1.24 bits per heavy atom. The van der Waals surface area contributed by atoms with Gasteiger partial charge in [0.1, 0.15) is 5.82 Å². The number of hydrogen-bond donors (Lipinski definition) is 1. The maximum absolute atomic E-state index is 5.79. The Bertz CT molecular complexity index is 648. The summed E-state index contributed by atoms with van der Waals surface area (Å²) < 4.78 is 5.46. The predicted molar refractivity (Wildman–Crippen MR) is 87.0 cm³/mol. The first kappa shape index (κ1) is 14.3. The number of anilines is 1. The zero-order valence-electron chi connectivity index (χ0n) is 12.9. The molecule has 2 aromatic rings. The summed E-state index contributed by atoms with van der Waals surface area (Å²) >= 11 is 0. The molecular formula is C17H23N3O. The smallest absolute Gasteiger partial charge is 0.132 e. The van der Waals surface area contributed by atoms with E-state index in [-0.39, 0.29) is 0 Å². The summed E-state index contributed by atoms with van der Waals surface area (Å²) in [6.07, 6.45) is 0.864. The molecule has 0 saturated carbocycles. The van der Waals surface area contributed by atoms with Crippen molar-refractivity contribution in [2.45, 2.75) is 20.3 Å². The Hall–Kier alpha value is -1.65. The summed E-state index contributed by atoms with van der Waals surface area (Å²) in [6.45, 7) is 8.29. The van der Waals surface area contributed by atoms with E-state index in [1.54, 1.807) is 0 Å². The minimum absolute atomic E-state index is 0.648. The summed E-state index contributed by atoms with van der Waals surface area (Å²) in [7, 11) is 0. The Morgan fingerprint density at radius 2 is 2.00 bits per heavy atom. The number of ether oxygens (including phenoxy) is 1. The summed E-state index contributed by atoms with van der Waals surface area (Å²) in [5.41, 5.74) is 10.7. The Morgan fingerprint density at radius 3 is 2.71 bits per heavy atom. The number of pyridine rings is 1. The fourth-order valence-electron chi connectivity index (χ4n) is 2.91. The minimum Gasteiger partial charge on any atom is -0.378 e. The highest BCUT2D eigenvalue weighted by atomic mass is 16.5. The van der Waals surface area contributed by atoms with Gasteiger partial charge in [0.05, 0.1) is 18.7 Å². The van der Waals surface area contributed by atoms with Gasteiger partial charge in [-0.2, -0.15) is 0 Å².